The molecule has 142 valence electrons. The highest BCUT2D eigenvalue weighted by Gasteiger charge is 2.10. The molecule has 1 aromatic heterocycles. The Morgan fingerprint density at radius 1 is 1.25 bits per heavy atom. The van der Waals surface area contributed by atoms with E-state index in [0.29, 0.717) is 22.1 Å². The molecule has 0 fully saturated rings. The van der Waals surface area contributed by atoms with Gasteiger partial charge in [0, 0.05) is 28.8 Å². The van der Waals surface area contributed by atoms with Gasteiger partial charge in [-0.3, -0.25) is 15.4 Å². The Labute approximate surface area is 164 Å². The number of guanidine groups is 1. The number of anilines is 1. The zero-order valence-corrected chi connectivity index (χ0v) is 15.6. The number of amides is 2. The van der Waals surface area contributed by atoms with Crippen LogP contribution in [0.5, 0.6) is 0 Å². The topological polar surface area (TPSA) is 136 Å². The summed E-state index contributed by atoms with van der Waals surface area (Å²) in [5.74, 6) is -0.120. The highest BCUT2D eigenvalue weighted by molar-refractivity contribution is 7.13. The zero-order valence-electron chi connectivity index (χ0n) is 14.7. The third kappa shape index (κ3) is 4.89. The van der Waals surface area contributed by atoms with Crippen molar-refractivity contribution >= 4 is 39.8 Å². The van der Waals surface area contributed by atoms with E-state index in [-0.39, 0.29) is 11.6 Å². The normalized spacial score (nSPS) is 11.1. The Morgan fingerprint density at radius 3 is 2.79 bits per heavy atom. The van der Waals surface area contributed by atoms with E-state index in [4.69, 9.17) is 5.73 Å². The first-order valence-corrected chi connectivity index (χ1v) is 8.98. The van der Waals surface area contributed by atoms with Gasteiger partial charge in [-0.2, -0.15) is 4.99 Å². The number of carbonyl (C=O) groups excluding carboxylic acids is 1. The summed E-state index contributed by atoms with van der Waals surface area (Å²) in [5, 5.41) is 18.0. The number of aryl methyl sites for hydroxylation is 1. The van der Waals surface area contributed by atoms with Gasteiger partial charge in [0.25, 0.3) is 5.69 Å². The third-order valence-corrected chi connectivity index (χ3v) is 4.31. The predicted octanol–water partition coefficient (Wildman–Crippen LogP) is 3.79. The molecule has 9 nitrogen and oxygen atoms in total. The number of rotatable bonds is 4. The number of benzene rings is 2. The maximum atomic E-state index is 12.0. The summed E-state index contributed by atoms with van der Waals surface area (Å²) < 4.78 is 0. The minimum absolute atomic E-state index is 0.0236. The number of thiazole rings is 1. The first-order chi connectivity index (χ1) is 13.4. The number of carbonyl (C=O) groups is 1. The number of nitrogens with one attached hydrogen (secondary N) is 2. The minimum atomic E-state index is -0.526. The quantitative estimate of drug-likeness (QED) is 0.267. The van der Waals surface area contributed by atoms with Crippen molar-refractivity contribution in [3.63, 3.8) is 0 Å². The van der Waals surface area contributed by atoms with Crippen molar-refractivity contribution in [2.24, 2.45) is 10.7 Å². The average molecular weight is 396 g/mol. The molecule has 3 aromatic rings. The van der Waals surface area contributed by atoms with E-state index in [1.807, 2.05) is 25.1 Å². The molecule has 0 aliphatic carbocycles. The molecule has 2 aromatic carbocycles. The van der Waals surface area contributed by atoms with Gasteiger partial charge >= 0.3 is 6.03 Å². The van der Waals surface area contributed by atoms with E-state index in [1.165, 1.54) is 23.5 Å². The monoisotopic (exact) mass is 396 g/mol. The van der Waals surface area contributed by atoms with Gasteiger partial charge in [0.1, 0.15) is 0 Å². The van der Waals surface area contributed by atoms with Crippen molar-refractivity contribution in [2.45, 2.75) is 6.92 Å². The van der Waals surface area contributed by atoms with Crippen molar-refractivity contribution in [3.8, 4) is 11.3 Å². The molecular formula is C18H16N6O3S. The van der Waals surface area contributed by atoms with Crippen LogP contribution in [0.25, 0.3) is 11.3 Å². The highest BCUT2D eigenvalue weighted by atomic mass is 32.1. The van der Waals surface area contributed by atoms with Crippen molar-refractivity contribution in [1.29, 1.82) is 0 Å². The third-order valence-electron chi connectivity index (χ3n) is 3.58. The molecule has 1 heterocycles. The maximum absolute atomic E-state index is 12.0. The average Bonchev–Trinajstić information content (AvgIpc) is 3.10. The van der Waals surface area contributed by atoms with Crippen LogP contribution in [0, 0.1) is 17.0 Å². The molecule has 0 aliphatic rings. The van der Waals surface area contributed by atoms with E-state index in [2.05, 4.69) is 20.6 Å². The van der Waals surface area contributed by atoms with Crippen LogP contribution in [0.3, 0.4) is 0 Å². The van der Waals surface area contributed by atoms with Gasteiger partial charge in [-0.05, 0) is 24.6 Å². The summed E-state index contributed by atoms with van der Waals surface area (Å²) in [5.41, 5.74) is 8.50. The summed E-state index contributed by atoms with van der Waals surface area (Å²) in [6.45, 7) is 1.92. The van der Waals surface area contributed by atoms with Crippen LogP contribution in [0.2, 0.25) is 0 Å². The Morgan fingerprint density at radius 2 is 2.04 bits per heavy atom. The number of nitro benzene ring substituents is 1. The standard InChI is InChI=1S/C18H16N6O3S/c1-11-4-2-6-13(8-11)20-17(25)22-16(19)23-18-21-15(10-28-18)12-5-3-7-14(9-12)24(26)27/h2-10H,1H3,(H4,19,20,21,22,23,25). The Bertz CT molecular complexity index is 1060. The van der Waals surface area contributed by atoms with E-state index in [0.717, 1.165) is 5.56 Å². The minimum Gasteiger partial charge on any atom is -0.369 e. The number of hydrogen-bond acceptors (Lipinski definition) is 6. The van der Waals surface area contributed by atoms with Gasteiger partial charge in [-0.1, -0.05) is 24.3 Å². The Kier molecular flexibility index (Phi) is 5.61. The van der Waals surface area contributed by atoms with Crippen LogP contribution in [0.4, 0.5) is 21.3 Å². The number of nitrogens with zero attached hydrogens (tertiary/aromatic N) is 3. The maximum Gasteiger partial charge on any atom is 0.325 e. The second-order valence-corrected chi connectivity index (χ2v) is 6.60. The van der Waals surface area contributed by atoms with E-state index in [9.17, 15) is 14.9 Å². The summed E-state index contributed by atoms with van der Waals surface area (Å²) in [4.78, 5) is 30.7. The zero-order chi connectivity index (χ0) is 20.1. The van der Waals surface area contributed by atoms with Crippen LogP contribution in [-0.2, 0) is 0 Å². The lowest BCUT2D eigenvalue weighted by Gasteiger charge is -2.07. The molecule has 3 rings (SSSR count). The van der Waals surface area contributed by atoms with E-state index < -0.39 is 11.0 Å². The summed E-state index contributed by atoms with van der Waals surface area (Å²) in [6, 6.07) is 12.9. The van der Waals surface area contributed by atoms with Gasteiger partial charge in [0.05, 0.1) is 10.6 Å². The van der Waals surface area contributed by atoms with Crippen LogP contribution in [-0.4, -0.2) is 21.9 Å². The second-order valence-electron chi connectivity index (χ2n) is 5.77. The lowest BCUT2D eigenvalue weighted by atomic mass is 10.1. The molecule has 0 aliphatic heterocycles. The van der Waals surface area contributed by atoms with E-state index >= 15 is 0 Å². The summed E-state index contributed by atoms with van der Waals surface area (Å²) >= 11 is 1.20. The number of aliphatic imine (C=N–C) groups is 1. The number of nitro groups is 1. The molecule has 0 atom stereocenters. The number of nitrogens with two attached hydrogens (primary N) is 1. The van der Waals surface area contributed by atoms with Gasteiger partial charge in [-0.15, -0.1) is 11.3 Å². The van der Waals surface area contributed by atoms with E-state index in [1.54, 1.807) is 23.6 Å². The molecule has 4 N–H and O–H groups in total. The molecule has 0 radical (unpaired) electrons. The van der Waals surface area contributed by atoms with Crippen LogP contribution in [0.15, 0.2) is 58.9 Å². The lowest BCUT2D eigenvalue weighted by molar-refractivity contribution is -0.384. The van der Waals surface area contributed by atoms with Crippen molar-refractivity contribution in [1.82, 2.24) is 10.3 Å². The Balaban J connectivity index is 1.67. The Hall–Kier alpha value is -3.79. The molecule has 2 amide bonds. The summed E-state index contributed by atoms with van der Waals surface area (Å²) in [7, 11) is 0. The fourth-order valence-corrected chi connectivity index (χ4v) is 3.07. The van der Waals surface area contributed by atoms with Gasteiger partial charge in [0.2, 0.25) is 11.1 Å². The number of urea groups is 1. The molecule has 0 bridgehead atoms. The van der Waals surface area contributed by atoms with Crippen molar-refractivity contribution in [3.05, 3.63) is 69.6 Å². The molecular weight excluding hydrogens is 380 g/mol. The molecule has 10 heteroatoms. The number of aromatic nitrogens is 1. The fourth-order valence-electron chi connectivity index (χ4n) is 2.36. The summed E-state index contributed by atoms with van der Waals surface area (Å²) in [6.07, 6.45) is 0. The van der Waals surface area contributed by atoms with Crippen molar-refractivity contribution in [2.75, 3.05) is 5.32 Å². The van der Waals surface area contributed by atoms with Gasteiger partial charge < -0.3 is 11.1 Å². The second kappa shape index (κ2) is 8.27. The van der Waals surface area contributed by atoms with Crippen LogP contribution < -0.4 is 16.4 Å². The largest absolute Gasteiger partial charge is 0.369 e. The fraction of sp³-hybridized carbons (Fsp3) is 0.0556. The highest BCUT2D eigenvalue weighted by Crippen LogP contribution is 2.28. The molecule has 0 unspecified atom stereocenters. The van der Waals surface area contributed by atoms with Crippen LogP contribution >= 0.6 is 11.3 Å². The molecule has 0 spiro atoms. The smallest absolute Gasteiger partial charge is 0.325 e. The first kappa shape index (κ1) is 19.0. The first-order valence-electron chi connectivity index (χ1n) is 8.10. The lowest BCUT2D eigenvalue weighted by Crippen LogP contribution is -2.39. The molecule has 28 heavy (non-hydrogen) atoms. The molecule has 0 saturated carbocycles. The van der Waals surface area contributed by atoms with Gasteiger partial charge in [0.15, 0.2) is 0 Å². The molecule has 0 saturated heterocycles. The SMILES string of the molecule is Cc1cccc(NC(=O)N/C(N)=N/c2nc(-c3cccc([N+](=O)[O-])c3)cs2)c1. The number of hydrogen-bond donors (Lipinski definition) is 3. The predicted molar refractivity (Wildman–Crippen MR) is 109 cm³/mol. The van der Waals surface area contributed by atoms with Gasteiger partial charge in [-0.25, -0.2) is 9.78 Å². The van der Waals surface area contributed by atoms with Crippen LogP contribution in [0.1, 0.15) is 5.56 Å². The number of non-ortho nitro benzene ring substituents is 1. The van der Waals surface area contributed by atoms with Crippen molar-refractivity contribution < 1.29 is 9.72 Å².